The van der Waals surface area contributed by atoms with Crippen molar-refractivity contribution < 1.29 is 9.53 Å². The van der Waals surface area contributed by atoms with Gasteiger partial charge in [-0.15, -0.1) is 0 Å². The number of ether oxygens (including phenoxy) is 1. The van der Waals surface area contributed by atoms with E-state index in [1.807, 2.05) is 56.1 Å². The van der Waals surface area contributed by atoms with Gasteiger partial charge in [-0.05, 0) is 44.5 Å². The summed E-state index contributed by atoms with van der Waals surface area (Å²) in [4.78, 5) is 16.9. The number of methoxy groups -OCH3 is 1. The van der Waals surface area contributed by atoms with Crippen LogP contribution in [0.3, 0.4) is 0 Å². The third kappa shape index (κ3) is 3.37. The molecule has 2 aromatic rings. The lowest BCUT2D eigenvalue weighted by Gasteiger charge is -2.27. The average Bonchev–Trinajstić information content (AvgIpc) is 2.61. The van der Waals surface area contributed by atoms with Gasteiger partial charge in [0.05, 0.1) is 12.8 Å². The Morgan fingerprint density at radius 3 is 2.21 bits per heavy atom. The number of carbonyl (C=O) groups excluding carboxylic acids is 1. The van der Waals surface area contributed by atoms with E-state index in [4.69, 9.17) is 4.74 Å². The van der Waals surface area contributed by atoms with Gasteiger partial charge in [-0.2, -0.15) is 0 Å². The van der Waals surface area contributed by atoms with Gasteiger partial charge in [0.1, 0.15) is 11.3 Å². The molecule has 0 N–H and O–H groups in total. The molecule has 2 aromatic carbocycles. The first-order chi connectivity index (χ1) is 11.5. The standard InChI is InChI=1S/C20H26N2O2/c1-6-22(7-2)20(23)19-17(13-10-14-18(19)24-5)21(4)16-12-9-8-11-15(16)3/h8-14H,6-7H2,1-5H3. The Morgan fingerprint density at radius 1 is 1.00 bits per heavy atom. The van der Waals surface area contributed by atoms with Crippen LogP contribution in [0.4, 0.5) is 11.4 Å². The molecule has 0 unspecified atom stereocenters. The molecular weight excluding hydrogens is 300 g/mol. The van der Waals surface area contributed by atoms with Gasteiger partial charge in [0, 0.05) is 25.8 Å². The lowest BCUT2D eigenvalue weighted by Crippen LogP contribution is -2.32. The van der Waals surface area contributed by atoms with Crippen LogP contribution < -0.4 is 9.64 Å². The Labute approximate surface area is 144 Å². The molecule has 0 aliphatic rings. The zero-order valence-electron chi connectivity index (χ0n) is 15.2. The molecule has 128 valence electrons. The first-order valence-corrected chi connectivity index (χ1v) is 8.30. The van der Waals surface area contributed by atoms with Gasteiger partial charge in [-0.25, -0.2) is 0 Å². The number of hydrogen-bond donors (Lipinski definition) is 0. The minimum atomic E-state index is -0.00659. The second-order valence-corrected chi connectivity index (χ2v) is 5.68. The zero-order valence-corrected chi connectivity index (χ0v) is 15.2. The van der Waals surface area contributed by atoms with Crippen LogP contribution in [0.1, 0.15) is 29.8 Å². The summed E-state index contributed by atoms with van der Waals surface area (Å²) in [5.41, 5.74) is 3.68. The zero-order chi connectivity index (χ0) is 17.7. The molecule has 2 rings (SSSR count). The van der Waals surface area contributed by atoms with Crippen molar-refractivity contribution in [1.29, 1.82) is 0 Å². The number of amides is 1. The van der Waals surface area contributed by atoms with Crippen LogP contribution in [0, 0.1) is 6.92 Å². The molecule has 1 amide bonds. The topological polar surface area (TPSA) is 32.8 Å². The Balaban J connectivity index is 2.58. The summed E-state index contributed by atoms with van der Waals surface area (Å²) in [7, 11) is 3.59. The van der Waals surface area contributed by atoms with Crippen molar-refractivity contribution >= 4 is 17.3 Å². The predicted molar refractivity (Wildman–Crippen MR) is 99.5 cm³/mol. The fraction of sp³-hybridized carbons (Fsp3) is 0.350. The number of benzene rings is 2. The third-order valence-electron chi connectivity index (χ3n) is 4.33. The summed E-state index contributed by atoms with van der Waals surface area (Å²) in [5.74, 6) is 0.595. The van der Waals surface area contributed by atoms with Crippen LogP contribution in [0.2, 0.25) is 0 Å². The quantitative estimate of drug-likeness (QED) is 0.795. The molecule has 0 aromatic heterocycles. The van der Waals surface area contributed by atoms with E-state index in [9.17, 15) is 4.79 Å². The maximum absolute atomic E-state index is 13.0. The molecule has 0 saturated carbocycles. The smallest absolute Gasteiger partial charge is 0.259 e. The maximum atomic E-state index is 13.0. The Hall–Kier alpha value is -2.49. The van der Waals surface area contributed by atoms with Gasteiger partial charge in [-0.3, -0.25) is 4.79 Å². The van der Waals surface area contributed by atoms with Gasteiger partial charge >= 0.3 is 0 Å². The van der Waals surface area contributed by atoms with E-state index in [0.717, 1.165) is 16.9 Å². The number of para-hydroxylation sites is 1. The molecule has 0 fully saturated rings. The van der Waals surface area contributed by atoms with Crippen LogP contribution >= 0.6 is 0 Å². The highest BCUT2D eigenvalue weighted by atomic mass is 16.5. The molecule has 24 heavy (non-hydrogen) atoms. The summed E-state index contributed by atoms with van der Waals surface area (Å²) < 4.78 is 5.49. The van der Waals surface area contributed by atoms with Gasteiger partial charge in [0.15, 0.2) is 0 Å². The SMILES string of the molecule is CCN(CC)C(=O)c1c(OC)cccc1N(C)c1ccccc1C. The summed E-state index contributed by atoms with van der Waals surface area (Å²) in [6, 6.07) is 13.9. The third-order valence-corrected chi connectivity index (χ3v) is 4.33. The van der Waals surface area contributed by atoms with Crippen LogP contribution in [0.15, 0.2) is 42.5 Å². The molecule has 0 spiro atoms. The van der Waals surface area contributed by atoms with Gasteiger partial charge in [-0.1, -0.05) is 24.3 Å². The van der Waals surface area contributed by atoms with E-state index in [0.29, 0.717) is 24.4 Å². The van der Waals surface area contributed by atoms with Crippen molar-refractivity contribution in [3.05, 3.63) is 53.6 Å². The van der Waals surface area contributed by atoms with Crippen molar-refractivity contribution in [2.24, 2.45) is 0 Å². The minimum absolute atomic E-state index is 0.00659. The fourth-order valence-electron chi connectivity index (χ4n) is 2.92. The highest BCUT2D eigenvalue weighted by Gasteiger charge is 2.24. The minimum Gasteiger partial charge on any atom is -0.496 e. The summed E-state index contributed by atoms with van der Waals surface area (Å²) in [5, 5.41) is 0. The monoisotopic (exact) mass is 326 g/mol. The van der Waals surface area contributed by atoms with Gasteiger partial charge in [0.2, 0.25) is 0 Å². The number of hydrogen-bond acceptors (Lipinski definition) is 3. The molecule has 0 heterocycles. The fourth-order valence-corrected chi connectivity index (χ4v) is 2.92. The lowest BCUT2D eigenvalue weighted by atomic mass is 10.1. The van der Waals surface area contributed by atoms with Crippen molar-refractivity contribution in [2.45, 2.75) is 20.8 Å². The summed E-state index contributed by atoms with van der Waals surface area (Å²) >= 11 is 0. The maximum Gasteiger partial charge on any atom is 0.259 e. The van der Waals surface area contributed by atoms with Crippen molar-refractivity contribution in [3.63, 3.8) is 0 Å². The number of aryl methyl sites for hydroxylation is 1. The van der Waals surface area contributed by atoms with E-state index in [2.05, 4.69) is 24.0 Å². The van der Waals surface area contributed by atoms with Gasteiger partial charge < -0.3 is 14.5 Å². The van der Waals surface area contributed by atoms with Crippen molar-refractivity contribution in [3.8, 4) is 5.75 Å². The number of anilines is 2. The average molecular weight is 326 g/mol. The molecule has 0 aliphatic carbocycles. The van der Waals surface area contributed by atoms with E-state index in [1.165, 1.54) is 0 Å². The van der Waals surface area contributed by atoms with E-state index in [-0.39, 0.29) is 5.91 Å². The highest BCUT2D eigenvalue weighted by Crippen LogP contribution is 2.35. The van der Waals surface area contributed by atoms with Crippen LogP contribution in [0.5, 0.6) is 5.75 Å². The van der Waals surface area contributed by atoms with E-state index in [1.54, 1.807) is 7.11 Å². The molecule has 0 radical (unpaired) electrons. The lowest BCUT2D eigenvalue weighted by molar-refractivity contribution is 0.0770. The van der Waals surface area contributed by atoms with E-state index >= 15 is 0 Å². The second kappa shape index (κ2) is 7.86. The predicted octanol–water partition coefficient (Wildman–Crippen LogP) is 4.25. The molecule has 4 nitrogen and oxygen atoms in total. The van der Waals surface area contributed by atoms with Crippen LogP contribution in [-0.2, 0) is 0 Å². The second-order valence-electron chi connectivity index (χ2n) is 5.68. The summed E-state index contributed by atoms with van der Waals surface area (Å²) in [6.07, 6.45) is 0. The molecule has 0 saturated heterocycles. The van der Waals surface area contributed by atoms with Crippen molar-refractivity contribution in [1.82, 2.24) is 4.90 Å². The van der Waals surface area contributed by atoms with E-state index < -0.39 is 0 Å². The first-order valence-electron chi connectivity index (χ1n) is 8.30. The number of carbonyl (C=O) groups is 1. The molecule has 0 atom stereocenters. The first kappa shape index (κ1) is 17.9. The van der Waals surface area contributed by atoms with Crippen LogP contribution in [0.25, 0.3) is 0 Å². The Kier molecular flexibility index (Phi) is 5.85. The molecule has 0 aliphatic heterocycles. The van der Waals surface area contributed by atoms with Gasteiger partial charge in [0.25, 0.3) is 5.91 Å². The molecule has 4 heteroatoms. The highest BCUT2D eigenvalue weighted by molar-refractivity contribution is 6.03. The van der Waals surface area contributed by atoms with Crippen molar-refractivity contribution in [2.75, 3.05) is 32.1 Å². The Morgan fingerprint density at radius 2 is 1.62 bits per heavy atom. The Bertz CT molecular complexity index is 709. The molecular formula is C20H26N2O2. The van der Waals surface area contributed by atoms with Crippen LogP contribution in [-0.4, -0.2) is 38.1 Å². The number of nitrogens with zero attached hydrogens (tertiary/aromatic N) is 2. The molecule has 0 bridgehead atoms. The largest absolute Gasteiger partial charge is 0.496 e. The number of rotatable bonds is 6. The summed E-state index contributed by atoms with van der Waals surface area (Å²) in [6.45, 7) is 7.38. The normalized spacial score (nSPS) is 10.4.